The van der Waals surface area contributed by atoms with Gasteiger partial charge in [0, 0.05) is 36.1 Å². The number of amidine groups is 1. The third kappa shape index (κ3) is 5.15. The third-order valence-corrected chi connectivity index (χ3v) is 7.30. The Bertz CT molecular complexity index is 1390. The highest BCUT2D eigenvalue weighted by Gasteiger charge is 2.34. The van der Waals surface area contributed by atoms with Gasteiger partial charge in [-0.1, -0.05) is 23.7 Å². The predicted octanol–water partition coefficient (Wildman–Crippen LogP) is 3.99. The zero-order valence-electron chi connectivity index (χ0n) is 18.8. The molecule has 1 saturated heterocycles. The zero-order valence-corrected chi connectivity index (χ0v) is 20.4. The molecule has 0 aliphatic carbocycles. The summed E-state index contributed by atoms with van der Waals surface area (Å²) in [4.78, 5) is 19.1. The molecule has 2 aliphatic heterocycles. The highest BCUT2D eigenvalue weighted by atomic mass is 35.5. The van der Waals surface area contributed by atoms with Crippen LogP contribution in [0.25, 0.3) is 17.0 Å². The lowest BCUT2D eigenvalue weighted by Crippen LogP contribution is -2.53. The molecule has 2 aromatic carbocycles. The highest BCUT2D eigenvalue weighted by Crippen LogP contribution is 2.35. The maximum atomic E-state index is 13.5. The molecule has 1 amide bonds. The Hall–Kier alpha value is -2.86. The van der Waals surface area contributed by atoms with Crippen LogP contribution in [-0.4, -0.2) is 63.1 Å². The number of aromatic nitrogens is 2. The van der Waals surface area contributed by atoms with Gasteiger partial charge in [0.2, 0.25) is 0 Å². The molecule has 5 rings (SSSR count). The molecule has 188 valence electrons. The monoisotopic (exact) mass is 535 g/mol. The lowest BCUT2D eigenvalue weighted by Gasteiger charge is -2.33. The second kappa shape index (κ2) is 9.89. The second-order valence-electron chi connectivity index (χ2n) is 8.51. The number of aliphatic hydroxyl groups excluding tert-OH is 1. The van der Waals surface area contributed by atoms with E-state index in [1.807, 2.05) is 11.0 Å². The Morgan fingerprint density at radius 2 is 2.08 bits per heavy atom. The number of hydrogen-bond acceptors (Lipinski definition) is 6. The quantitative estimate of drug-likeness (QED) is 0.492. The summed E-state index contributed by atoms with van der Waals surface area (Å²) in [5.74, 6) is -0.327. The number of carbonyl (C=O) groups excluding carboxylic acids is 1. The van der Waals surface area contributed by atoms with Crippen LogP contribution in [0, 0.1) is 0 Å². The van der Waals surface area contributed by atoms with Crippen molar-refractivity contribution in [3.8, 4) is 0 Å². The summed E-state index contributed by atoms with van der Waals surface area (Å²) in [6, 6.07) is 9.03. The van der Waals surface area contributed by atoms with Crippen LogP contribution in [0.2, 0.25) is 5.02 Å². The van der Waals surface area contributed by atoms with Crippen molar-refractivity contribution in [2.45, 2.75) is 18.8 Å². The van der Waals surface area contributed by atoms with E-state index in [0.717, 1.165) is 17.0 Å². The minimum Gasteiger partial charge on any atom is -0.395 e. The van der Waals surface area contributed by atoms with E-state index in [4.69, 9.17) is 11.6 Å². The maximum absolute atomic E-state index is 13.5. The summed E-state index contributed by atoms with van der Waals surface area (Å²) in [7, 11) is 0. The predicted molar refractivity (Wildman–Crippen MR) is 134 cm³/mol. The first-order valence-corrected chi connectivity index (χ1v) is 12.3. The van der Waals surface area contributed by atoms with Crippen molar-refractivity contribution in [2.75, 3.05) is 26.2 Å². The smallest absolute Gasteiger partial charge is 0.395 e. The number of alkyl halides is 3. The molecular weight excluding hydrogens is 515 g/mol. The third-order valence-electron chi connectivity index (χ3n) is 6.02. The van der Waals surface area contributed by atoms with Gasteiger partial charge in [0.05, 0.1) is 35.3 Å². The van der Waals surface area contributed by atoms with Crippen LogP contribution >= 0.6 is 23.4 Å². The first-order valence-electron chi connectivity index (χ1n) is 11.1. The van der Waals surface area contributed by atoms with Crippen LogP contribution in [0.5, 0.6) is 0 Å². The molecule has 0 radical (unpaired) electrons. The summed E-state index contributed by atoms with van der Waals surface area (Å²) in [6.07, 6.45) is -1.20. The molecule has 2 N–H and O–H groups in total. The fourth-order valence-electron chi connectivity index (χ4n) is 4.24. The number of benzene rings is 2. The Kier molecular flexibility index (Phi) is 6.82. The van der Waals surface area contributed by atoms with Crippen LogP contribution in [0.3, 0.4) is 0 Å². The molecule has 12 heteroatoms. The topological polar surface area (TPSA) is 82.8 Å². The SMILES string of the molecule is O=C1N=C(N2CCN[C@@H](CO)C2)S/C1=C\c1ccc2c(cnn2Cc2ccc(Cl)cc2C(F)(F)F)c1. The zero-order chi connectivity index (χ0) is 25.4. The Morgan fingerprint density at radius 1 is 1.25 bits per heavy atom. The van der Waals surface area contributed by atoms with Crippen molar-refractivity contribution in [3.63, 3.8) is 0 Å². The van der Waals surface area contributed by atoms with Gasteiger partial charge in [0.15, 0.2) is 5.17 Å². The Balaban J connectivity index is 1.35. The summed E-state index contributed by atoms with van der Waals surface area (Å²) in [5.41, 5.74) is 0.697. The molecule has 1 atom stereocenters. The largest absolute Gasteiger partial charge is 0.416 e. The molecule has 1 aromatic heterocycles. The van der Waals surface area contributed by atoms with Gasteiger partial charge >= 0.3 is 6.18 Å². The summed E-state index contributed by atoms with van der Waals surface area (Å²) >= 11 is 7.08. The van der Waals surface area contributed by atoms with E-state index in [9.17, 15) is 23.1 Å². The molecule has 36 heavy (non-hydrogen) atoms. The number of nitrogens with zero attached hydrogens (tertiary/aromatic N) is 4. The second-order valence-corrected chi connectivity index (χ2v) is 9.96. The average Bonchev–Trinajstić information content (AvgIpc) is 3.42. The average molecular weight is 536 g/mol. The lowest BCUT2D eigenvalue weighted by molar-refractivity contribution is -0.138. The van der Waals surface area contributed by atoms with Crippen LogP contribution in [-0.2, 0) is 17.5 Å². The Morgan fingerprint density at radius 3 is 2.86 bits per heavy atom. The van der Waals surface area contributed by atoms with E-state index in [0.29, 0.717) is 35.2 Å². The number of fused-ring (bicyclic) bond motifs is 1. The number of rotatable bonds is 4. The molecule has 0 unspecified atom stereocenters. The molecule has 1 fully saturated rings. The molecule has 0 spiro atoms. The molecule has 7 nitrogen and oxygen atoms in total. The van der Waals surface area contributed by atoms with Crippen LogP contribution in [0.4, 0.5) is 13.2 Å². The van der Waals surface area contributed by atoms with E-state index in [1.54, 1.807) is 24.4 Å². The van der Waals surface area contributed by atoms with Crippen LogP contribution in [0.15, 0.2) is 52.5 Å². The fraction of sp³-hybridized carbons (Fsp3) is 0.292. The minimum absolute atomic E-state index is 0.00826. The van der Waals surface area contributed by atoms with E-state index in [2.05, 4.69) is 15.4 Å². The highest BCUT2D eigenvalue weighted by molar-refractivity contribution is 8.18. The fourth-order valence-corrected chi connectivity index (χ4v) is 5.36. The van der Waals surface area contributed by atoms with Crippen LogP contribution < -0.4 is 5.32 Å². The normalized spacial score (nSPS) is 20.0. The standard InChI is InChI=1S/C24H21ClF3N5O2S/c25-17-3-2-15(19(9-17)24(26,27)28)11-33-20-4-1-14(7-16(20)10-30-33)8-21-22(35)31-23(36-21)32-6-5-29-18(12-32)13-34/h1-4,7-10,18,29,34H,5-6,11-13H2/b21-8-/t18-/m1/s1. The summed E-state index contributed by atoms with van der Waals surface area (Å²) < 4.78 is 41.9. The van der Waals surface area contributed by atoms with Crippen molar-refractivity contribution in [3.05, 3.63) is 69.2 Å². The number of piperazine rings is 1. The number of aliphatic hydroxyl groups is 1. The van der Waals surface area contributed by atoms with Gasteiger partial charge in [-0.3, -0.25) is 9.48 Å². The van der Waals surface area contributed by atoms with Crippen molar-refractivity contribution in [1.29, 1.82) is 0 Å². The number of nitrogens with one attached hydrogen (secondary N) is 1. The van der Waals surface area contributed by atoms with E-state index in [1.165, 1.54) is 28.6 Å². The number of halogens is 4. The minimum atomic E-state index is -4.53. The maximum Gasteiger partial charge on any atom is 0.416 e. The van der Waals surface area contributed by atoms with E-state index in [-0.39, 0.29) is 35.7 Å². The van der Waals surface area contributed by atoms with Crippen molar-refractivity contribution in [1.82, 2.24) is 20.0 Å². The number of aliphatic imine (C=N–C) groups is 1. The number of carbonyl (C=O) groups is 1. The van der Waals surface area contributed by atoms with E-state index >= 15 is 0 Å². The van der Waals surface area contributed by atoms with Gasteiger partial charge in [-0.25, -0.2) is 0 Å². The molecule has 0 saturated carbocycles. The van der Waals surface area contributed by atoms with Crippen molar-refractivity contribution in [2.24, 2.45) is 4.99 Å². The molecular formula is C24H21ClF3N5O2S. The first kappa shape index (κ1) is 24.8. The molecule has 3 aromatic rings. The number of amides is 1. The van der Waals surface area contributed by atoms with Crippen molar-refractivity contribution < 1.29 is 23.1 Å². The molecule has 0 bridgehead atoms. The summed E-state index contributed by atoms with van der Waals surface area (Å²) in [5, 5.41) is 18.3. The molecule has 3 heterocycles. The van der Waals surface area contributed by atoms with Crippen LogP contribution in [0.1, 0.15) is 16.7 Å². The van der Waals surface area contributed by atoms with Gasteiger partial charge in [-0.2, -0.15) is 23.3 Å². The van der Waals surface area contributed by atoms with Gasteiger partial charge in [-0.15, -0.1) is 0 Å². The van der Waals surface area contributed by atoms with Gasteiger partial charge < -0.3 is 15.3 Å². The first-order chi connectivity index (χ1) is 17.2. The molecule has 2 aliphatic rings. The van der Waals surface area contributed by atoms with Crippen molar-refractivity contribution >= 4 is 51.4 Å². The van der Waals surface area contributed by atoms with Gasteiger partial charge in [0.25, 0.3) is 5.91 Å². The van der Waals surface area contributed by atoms with E-state index < -0.39 is 11.7 Å². The van der Waals surface area contributed by atoms with Gasteiger partial charge in [-0.05, 0) is 53.2 Å². The van der Waals surface area contributed by atoms with Gasteiger partial charge in [0.1, 0.15) is 0 Å². The Labute approximate surface area is 213 Å². The summed E-state index contributed by atoms with van der Waals surface area (Å²) in [6.45, 7) is 1.89. The number of thioether (sulfide) groups is 1. The number of hydrogen-bond donors (Lipinski definition) is 2. The lowest BCUT2D eigenvalue weighted by atomic mass is 10.1.